The van der Waals surface area contributed by atoms with E-state index in [0.717, 1.165) is 5.56 Å². The van der Waals surface area contributed by atoms with E-state index in [1.807, 2.05) is 13.0 Å². The first-order chi connectivity index (χ1) is 9.47. The number of hydrogen-bond acceptors (Lipinski definition) is 2. The molecule has 0 radical (unpaired) electrons. The first-order valence-corrected chi connectivity index (χ1v) is 7.60. The van der Waals surface area contributed by atoms with Crippen molar-refractivity contribution in [3.63, 3.8) is 0 Å². The average Bonchev–Trinajstić information content (AvgIpc) is 2.39. The molecule has 3 heteroatoms. The summed E-state index contributed by atoms with van der Waals surface area (Å²) >= 11 is 1.71. The van der Waals surface area contributed by atoms with Gasteiger partial charge in [0.2, 0.25) is 0 Å². The van der Waals surface area contributed by atoms with Gasteiger partial charge < -0.3 is 5.73 Å². The predicted octanol–water partition coefficient (Wildman–Crippen LogP) is 4.62. The van der Waals surface area contributed by atoms with E-state index in [1.54, 1.807) is 23.9 Å². The maximum atomic E-state index is 13.4. The maximum Gasteiger partial charge on any atom is 0.123 e. The van der Waals surface area contributed by atoms with Gasteiger partial charge >= 0.3 is 0 Å². The Kier molecular flexibility index (Phi) is 4.84. The van der Waals surface area contributed by atoms with Crippen molar-refractivity contribution in [1.82, 2.24) is 0 Å². The number of benzene rings is 2. The Morgan fingerprint density at radius 1 is 1.10 bits per heavy atom. The van der Waals surface area contributed by atoms with Crippen molar-refractivity contribution in [3.8, 4) is 0 Å². The standard InChI is InChI=1S/C17H20FNS/c1-11-7-8-12(2)16(9-11)20-17(13(3)19)14-5-4-6-15(18)10-14/h4-10,13,17H,19H2,1-3H3. The average molecular weight is 289 g/mol. The fourth-order valence-corrected chi connectivity index (χ4v) is 3.41. The van der Waals surface area contributed by atoms with Crippen molar-refractivity contribution < 1.29 is 4.39 Å². The first kappa shape index (κ1) is 15.1. The van der Waals surface area contributed by atoms with Crippen LogP contribution in [0, 0.1) is 19.7 Å². The number of hydrogen-bond donors (Lipinski definition) is 1. The van der Waals surface area contributed by atoms with Crippen molar-refractivity contribution >= 4 is 11.8 Å². The molecule has 1 nitrogen and oxygen atoms in total. The molecule has 106 valence electrons. The van der Waals surface area contributed by atoms with Gasteiger partial charge in [-0.1, -0.05) is 29.8 Å². The summed E-state index contributed by atoms with van der Waals surface area (Å²) in [6.45, 7) is 6.13. The second-order valence-electron chi connectivity index (χ2n) is 5.22. The quantitative estimate of drug-likeness (QED) is 0.831. The van der Waals surface area contributed by atoms with Crippen LogP contribution in [0.25, 0.3) is 0 Å². The molecule has 0 heterocycles. The highest BCUT2D eigenvalue weighted by Gasteiger charge is 2.19. The smallest absolute Gasteiger partial charge is 0.123 e. The molecule has 2 atom stereocenters. The third-order valence-electron chi connectivity index (χ3n) is 3.25. The molecule has 0 bridgehead atoms. The first-order valence-electron chi connectivity index (χ1n) is 6.72. The van der Waals surface area contributed by atoms with Gasteiger partial charge in [-0.25, -0.2) is 4.39 Å². The van der Waals surface area contributed by atoms with E-state index >= 15 is 0 Å². The van der Waals surface area contributed by atoms with E-state index in [2.05, 4.69) is 32.0 Å². The van der Waals surface area contributed by atoms with Gasteiger partial charge in [0.25, 0.3) is 0 Å². The molecule has 0 amide bonds. The molecular weight excluding hydrogens is 269 g/mol. The Hall–Kier alpha value is -1.32. The molecule has 0 aliphatic rings. The highest BCUT2D eigenvalue weighted by Crippen LogP contribution is 2.39. The lowest BCUT2D eigenvalue weighted by molar-refractivity contribution is 0.622. The van der Waals surface area contributed by atoms with Gasteiger partial charge in [0.1, 0.15) is 5.82 Å². The summed E-state index contributed by atoms with van der Waals surface area (Å²) in [6.07, 6.45) is 0. The molecule has 0 aromatic heterocycles. The summed E-state index contributed by atoms with van der Waals surface area (Å²) in [7, 11) is 0. The van der Waals surface area contributed by atoms with Crippen LogP contribution < -0.4 is 5.73 Å². The summed E-state index contributed by atoms with van der Waals surface area (Å²) in [5.41, 5.74) is 9.50. The van der Waals surface area contributed by atoms with Gasteiger partial charge in [0, 0.05) is 16.2 Å². The molecule has 0 aliphatic carbocycles. The maximum absolute atomic E-state index is 13.4. The van der Waals surface area contributed by atoms with Crippen LogP contribution in [0.5, 0.6) is 0 Å². The van der Waals surface area contributed by atoms with E-state index in [4.69, 9.17) is 5.73 Å². The van der Waals surface area contributed by atoms with E-state index in [-0.39, 0.29) is 17.1 Å². The molecule has 0 aliphatic heterocycles. The summed E-state index contributed by atoms with van der Waals surface area (Å²) in [4.78, 5) is 1.21. The van der Waals surface area contributed by atoms with Gasteiger partial charge in [-0.15, -0.1) is 11.8 Å². The van der Waals surface area contributed by atoms with Crippen LogP contribution >= 0.6 is 11.8 Å². The molecule has 2 N–H and O–H groups in total. The minimum Gasteiger partial charge on any atom is -0.327 e. The Bertz CT molecular complexity index is 595. The van der Waals surface area contributed by atoms with Gasteiger partial charge in [-0.05, 0) is 50.1 Å². The van der Waals surface area contributed by atoms with Crippen LogP contribution in [0.2, 0.25) is 0 Å². The minimum absolute atomic E-state index is 0.0474. The van der Waals surface area contributed by atoms with Crippen LogP contribution in [0.4, 0.5) is 4.39 Å². The Labute approximate surface area is 124 Å². The van der Waals surface area contributed by atoms with Gasteiger partial charge in [-0.2, -0.15) is 0 Å². The summed E-state index contributed by atoms with van der Waals surface area (Å²) < 4.78 is 13.4. The van der Waals surface area contributed by atoms with Crippen LogP contribution in [-0.2, 0) is 0 Å². The number of aryl methyl sites for hydroxylation is 2. The molecule has 0 saturated heterocycles. The highest BCUT2D eigenvalue weighted by molar-refractivity contribution is 7.99. The normalized spacial score (nSPS) is 14.1. The molecule has 2 aromatic carbocycles. The lowest BCUT2D eigenvalue weighted by atomic mass is 10.1. The molecule has 0 saturated carbocycles. The Balaban J connectivity index is 2.33. The lowest BCUT2D eigenvalue weighted by Crippen LogP contribution is -2.22. The number of thioether (sulfide) groups is 1. The summed E-state index contributed by atoms with van der Waals surface area (Å²) in [5, 5.41) is 0.0474. The third kappa shape index (κ3) is 3.62. The van der Waals surface area contributed by atoms with Crippen molar-refractivity contribution in [2.45, 2.75) is 37.0 Å². The third-order valence-corrected chi connectivity index (χ3v) is 4.90. The molecule has 0 fully saturated rings. The van der Waals surface area contributed by atoms with Crippen molar-refractivity contribution in [1.29, 1.82) is 0 Å². The summed E-state index contributed by atoms with van der Waals surface area (Å²) in [6, 6.07) is 13.0. The number of nitrogens with two attached hydrogens (primary N) is 1. The topological polar surface area (TPSA) is 26.0 Å². The molecule has 2 aromatic rings. The monoisotopic (exact) mass is 289 g/mol. The van der Waals surface area contributed by atoms with Gasteiger partial charge in [-0.3, -0.25) is 0 Å². The molecule has 2 rings (SSSR count). The van der Waals surface area contributed by atoms with Crippen LogP contribution in [0.15, 0.2) is 47.4 Å². The molecular formula is C17H20FNS. The summed E-state index contributed by atoms with van der Waals surface area (Å²) in [5.74, 6) is -0.213. The zero-order valence-electron chi connectivity index (χ0n) is 12.1. The second kappa shape index (κ2) is 6.42. The minimum atomic E-state index is -0.213. The van der Waals surface area contributed by atoms with Crippen LogP contribution in [0.1, 0.15) is 28.9 Å². The van der Waals surface area contributed by atoms with Crippen LogP contribution in [-0.4, -0.2) is 6.04 Å². The number of halogens is 1. The molecule has 0 spiro atoms. The Morgan fingerprint density at radius 3 is 2.50 bits per heavy atom. The number of rotatable bonds is 4. The fourth-order valence-electron chi connectivity index (χ4n) is 2.13. The zero-order chi connectivity index (χ0) is 14.7. The van der Waals surface area contributed by atoms with E-state index in [1.165, 1.54) is 22.1 Å². The molecule has 2 unspecified atom stereocenters. The second-order valence-corrected chi connectivity index (χ2v) is 6.40. The van der Waals surface area contributed by atoms with E-state index in [0.29, 0.717) is 0 Å². The SMILES string of the molecule is Cc1ccc(C)c(SC(c2cccc(F)c2)C(C)N)c1. The van der Waals surface area contributed by atoms with Crippen molar-refractivity contribution in [3.05, 3.63) is 65.0 Å². The van der Waals surface area contributed by atoms with Gasteiger partial charge in [0.05, 0.1) is 0 Å². The van der Waals surface area contributed by atoms with E-state index in [9.17, 15) is 4.39 Å². The fraction of sp³-hybridized carbons (Fsp3) is 0.294. The van der Waals surface area contributed by atoms with E-state index < -0.39 is 0 Å². The highest BCUT2D eigenvalue weighted by atomic mass is 32.2. The molecule has 20 heavy (non-hydrogen) atoms. The zero-order valence-corrected chi connectivity index (χ0v) is 12.9. The van der Waals surface area contributed by atoms with Crippen molar-refractivity contribution in [2.75, 3.05) is 0 Å². The van der Waals surface area contributed by atoms with Crippen molar-refractivity contribution in [2.24, 2.45) is 5.73 Å². The van der Waals surface area contributed by atoms with Crippen LogP contribution in [0.3, 0.4) is 0 Å². The lowest BCUT2D eigenvalue weighted by Gasteiger charge is -2.22. The van der Waals surface area contributed by atoms with Gasteiger partial charge in [0.15, 0.2) is 0 Å². The predicted molar refractivity (Wildman–Crippen MR) is 84.6 cm³/mol. The Morgan fingerprint density at radius 2 is 1.85 bits per heavy atom. The largest absolute Gasteiger partial charge is 0.327 e.